The number of aliphatic hydroxyl groups is 1. The van der Waals surface area contributed by atoms with Crippen LogP contribution in [0.15, 0.2) is 24.3 Å². The zero-order valence-corrected chi connectivity index (χ0v) is 26.7. The largest absolute Gasteiger partial charge is 0.497 e. The molecule has 2 N–H and O–H groups in total. The zero-order valence-electron chi connectivity index (χ0n) is 23.6. The van der Waals surface area contributed by atoms with Crippen molar-refractivity contribution in [3.63, 3.8) is 0 Å². The first-order chi connectivity index (χ1) is 18.1. The van der Waals surface area contributed by atoms with E-state index in [9.17, 15) is 18.3 Å². The van der Waals surface area contributed by atoms with Gasteiger partial charge in [0.2, 0.25) is 9.70 Å². The average molecular weight is 630 g/mol. The van der Waals surface area contributed by atoms with E-state index in [0.717, 1.165) is 18.4 Å². The molecule has 1 fully saturated rings. The van der Waals surface area contributed by atoms with Crippen LogP contribution in [0.5, 0.6) is 5.75 Å². The molecule has 0 aliphatic carbocycles. The Balaban J connectivity index is 2.50. The highest BCUT2D eigenvalue weighted by atomic mass is 35.6. The molecule has 12 heteroatoms. The van der Waals surface area contributed by atoms with Gasteiger partial charge in [0.25, 0.3) is 0 Å². The average Bonchev–Trinajstić information content (AvgIpc) is 3.28. The standard InChI is InChI=1S/C27H43Cl3N2O6S/c1-7-8-13-31-26(34)22(18(4)5)15-24(33)23-14-21(17(2)3)25(19-9-11-20(37-6)12-10-19)32(23)39(35,36)38-16-27(28,29)30/h9-12,17-18,21-25,33H,7-8,13-16H2,1-6H3,(H,31,34)/t21-,22-,23-,24-,25-/m0/s1. The van der Waals surface area contributed by atoms with Crippen LogP contribution in [0.2, 0.25) is 0 Å². The lowest BCUT2D eigenvalue weighted by Crippen LogP contribution is -2.47. The summed E-state index contributed by atoms with van der Waals surface area (Å²) >= 11 is 17.4. The Morgan fingerprint density at radius 1 is 1.18 bits per heavy atom. The second kappa shape index (κ2) is 14.9. The number of benzene rings is 1. The number of unbranched alkanes of at least 4 members (excludes halogenated alkanes) is 1. The summed E-state index contributed by atoms with van der Waals surface area (Å²) in [7, 11) is -2.92. The fourth-order valence-corrected chi connectivity index (χ4v) is 7.11. The number of carbonyl (C=O) groups excluding carboxylic acids is 1. The van der Waals surface area contributed by atoms with Crippen molar-refractivity contribution in [2.45, 2.75) is 82.3 Å². The number of alkyl halides is 3. The van der Waals surface area contributed by atoms with E-state index in [0.29, 0.717) is 18.7 Å². The molecule has 1 saturated heterocycles. The number of nitrogens with zero attached hydrogens (tertiary/aromatic N) is 1. The summed E-state index contributed by atoms with van der Waals surface area (Å²) in [5, 5.41) is 14.5. The number of methoxy groups -OCH3 is 1. The van der Waals surface area contributed by atoms with Crippen molar-refractivity contribution in [2.24, 2.45) is 23.7 Å². The molecular formula is C27H43Cl3N2O6S. The molecule has 224 valence electrons. The number of hydrogen-bond acceptors (Lipinski definition) is 6. The van der Waals surface area contributed by atoms with Crippen LogP contribution in [0.4, 0.5) is 0 Å². The van der Waals surface area contributed by atoms with Gasteiger partial charge in [0.1, 0.15) is 12.4 Å². The van der Waals surface area contributed by atoms with Gasteiger partial charge in [-0.2, -0.15) is 12.7 Å². The molecule has 2 rings (SSSR count). The number of nitrogens with one attached hydrogen (secondary N) is 1. The SMILES string of the molecule is CCCCNC(=O)[C@@H](C[C@H](O)[C@@H]1C[C@@H](C(C)C)[C@H](c2ccc(OC)cc2)N1S(=O)(=O)OCC(Cl)(Cl)Cl)C(C)C. The quantitative estimate of drug-likeness (QED) is 0.203. The van der Waals surface area contributed by atoms with Gasteiger partial charge in [0.15, 0.2) is 0 Å². The molecule has 0 aromatic heterocycles. The molecular weight excluding hydrogens is 587 g/mol. The van der Waals surface area contributed by atoms with Crippen molar-refractivity contribution < 1.29 is 27.2 Å². The molecule has 1 aliphatic rings. The minimum absolute atomic E-state index is 0.0633. The van der Waals surface area contributed by atoms with Gasteiger partial charge in [-0.15, -0.1) is 0 Å². The molecule has 1 aliphatic heterocycles. The van der Waals surface area contributed by atoms with E-state index in [1.807, 2.05) is 46.8 Å². The lowest BCUT2D eigenvalue weighted by atomic mass is 9.82. The topological polar surface area (TPSA) is 105 Å². The highest BCUT2D eigenvalue weighted by molar-refractivity contribution is 7.84. The molecule has 0 radical (unpaired) electrons. The van der Waals surface area contributed by atoms with E-state index in [4.69, 9.17) is 43.7 Å². The van der Waals surface area contributed by atoms with Crippen molar-refractivity contribution in [2.75, 3.05) is 20.3 Å². The van der Waals surface area contributed by atoms with E-state index in [1.165, 1.54) is 4.31 Å². The molecule has 0 bridgehead atoms. The molecule has 0 spiro atoms. The van der Waals surface area contributed by atoms with Gasteiger partial charge < -0.3 is 15.2 Å². The molecule has 8 nitrogen and oxygen atoms in total. The minimum atomic E-state index is -4.47. The zero-order chi connectivity index (χ0) is 29.5. The number of ether oxygens (including phenoxy) is 1. The van der Waals surface area contributed by atoms with Gasteiger partial charge in [-0.3, -0.25) is 8.98 Å². The first-order valence-electron chi connectivity index (χ1n) is 13.5. The first-order valence-corrected chi connectivity index (χ1v) is 16.0. The smallest absolute Gasteiger partial charge is 0.339 e. The summed E-state index contributed by atoms with van der Waals surface area (Å²) in [5.41, 5.74) is 0.725. The normalized spacial score (nSPS) is 22.3. The van der Waals surface area contributed by atoms with Crippen molar-refractivity contribution >= 4 is 51.0 Å². The molecule has 1 aromatic rings. The Bertz CT molecular complexity index is 1020. The second-order valence-electron chi connectivity index (χ2n) is 10.9. The van der Waals surface area contributed by atoms with Gasteiger partial charge in [-0.25, -0.2) is 0 Å². The number of hydrogen-bond donors (Lipinski definition) is 2. The fraction of sp³-hybridized carbons (Fsp3) is 0.741. The third-order valence-corrected chi connectivity index (χ3v) is 9.13. The predicted octanol–water partition coefficient (Wildman–Crippen LogP) is 5.65. The van der Waals surface area contributed by atoms with Crippen LogP contribution >= 0.6 is 34.8 Å². The Morgan fingerprint density at radius 2 is 1.79 bits per heavy atom. The lowest BCUT2D eigenvalue weighted by Gasteiger charge is -2.34. The Labute approximate surface area is 248 Å². The van der Waals surface area contributed by atoms with E-state index in [2.05, 4.69) is 5.32 Å². The van der Waals surface area contributed by atoms with Crippen molar-refractivity contribution in [3.05, 3.63) is 29.8 Å². The predicted molar refractivity (Wildman–Crippen MR) is 156 cm³/mol. The maximum atomic E-state index is 13.7. The van der Waals surface area contributed by atoms with E-state index >= 15 is 0 Å². The van der Waals surface area contributed by atoms with Crippen molar-refractivity contribution in [1.82, 2.24) is 9.62 Å². The van der Waals surface area contributed by atoms with E-state index in [-0.39, 0.29) is 30.1 Å². The van der Waals surface area contributed by atoms with Gasteiger partial charge in [0, 0.05) is 12.5 Å². The number of rotatable bonds is 14. The molecule has 1 amide bonds. The Hall–Kier alpha value is -0.810. The molecule has 1 heterocycles. The van der Waals surface area contributed by atoms with Crippen LogP contribution in [-0.2, 0) is 19.3 Å². The summed E-state index contributed by atoms with van der Waals surface area (Å²) in [6, 6.07) is 5.64. The number of halogens is 3. The summed E-state index contributed by atoms with van der Waals surface area (Å²) in [6.07, 6.45) is 1.13. The van der Waals surface area contributed by atoms with Crippen LogP contribution in [-0.4, -0.2) is 59.9 Å². The maximum absolute atomic E-state index is 13.7. The lowest BCUT2D eigenvalue weighted by molar-refractivity contribution is -0.127. The van der Waals surface area contributed by atoms with Crippen molar-refractivity contribution in [1.29, 1.82) is 0 Å². The number of amides is 1. The van der Waals surface area contributed by atoms with Gasteiger partial charge in [0.05, 0.1) is 25.3 Å². The van der Waals surface area contributed by atoms with Gasteiger partial charge >= 0.3 is 10.3 Å². The number of aliphatic hydroxyl groups excluding tert-OH is 1. The molecule has 0 unspecified atom stereocenters. The summed E-state index contributed by atoms with van der Waals surface area (Å²) in [6.45, 7) is 9.78. The highest BCUT2D eigenvalue weighted by Crippen LogP contribution is 2.48. The highest BCUT2D eigenvalue weighted by Gasteiger charge is 2.52. The third kappa shape index (κ3) is 9.62. The van der Waals surface area contributed by atoms with Crippen LogP contribution < -0.4 is 10.1 Å². The van der Waals surface area contributed by atoms with Gasteiger partial charge in [-0.05, 0) is 54.7 Å². The monoisotopic (exact) mass is 628 g/mol. The maximum Gasteiger partial charge on any atom is 0.339 e. The molecule has 0 saturated carbocycles. The molecule has 5 atom stereocenters. The van der Waals surface area contributed by atoms with Crippen LogP contribution in [0.1, 0.15) is 71.9 Å². The number of carbonyl (C=O) groups is 1. The van der Waals surface area contributed by atoms with E-state index < -0.39 is 44.8 Å². The summed E-state index contributed by atoms with van der Waals surface area (Å²) in [5.74, 6) is -0.166. The summed E-state index contributed by atoms with van der Waals surface area (Å²) in [4.78, 5) is 13.0. The Kier molecular flexibility index (Phi) is 13.1. The fourth-order valence-electron chi connectivity index (χ4n) is 5.19. The third-order valence-electron chi connectivity index (χ3n) is 7.37. The first kappa shape index (κ1) is 34.4. The van der Waals surface area contributed by atoms with Crippen LogP contribution in [0.3, 0.4) is 0 Å². The molecule has 39 heavy (non-hydrogen) atoms. The van der Waals surface area contributed by atoms with Gasteiger partial charge in [-0.1, -0.05) is 88.0 Å². The van der Waals surface area contributed by atoms with E-state index in [1.54, 1.807) is 19.2 Å². The van der Waals surface area contributed by atoms with Crippen molar-refractivity contribution in [3.8, 4) is 5.75 Å². The Morgan fingerprint density at radius 3 is 2.28 bits per heavy atom. The second-order valence-corrected chi connectivity index (χ2v) is 14.9. The minimum Gasteiger partial charge on any atom is -0.497 e. The molecule has 1 aromatic carbocycles. The van der Waals surface area contributed by atoms with Crippen LogP contribution in [0, 0.1) is 23.7 Å². The summed E-state index contributed by atoms with van der Waals surface area (Å²) < 4.78 is 37.2. The van der Waals surface area contributed by atoms with Crippen LogP contribution in [0.25, 0.3) is 0 Å².